The van der Waals surface area contributed by atoms with Crippen molar-refractivity contribution in [3.05, 3.63) is 51.6 Å². The van der Waals surface area contributed by atoms with E-state index in [0.717, 1.165) is 14.8 Å². The summed E-state index contributed by atoms with van der Waals surface area (Å²) in [4.78, 5) is 12.2. The minimum absolute atomic E-state index is 0.130. The smallest absolute Gasteiger partial charge is 0.234 e. The van der Waals surface area contributed by atoms with E-state index in [0.29, 0.717) is 10.8 Å². The van der Waals surface area contributed by atoms with Gasteiger partial charge in [-0.05, 0) is 88.0 Å². The van der Waals surface area contributed by atoms with Gasteiger partial charge in [0, 0.05) is 9.26 Å². The van der Waals surface area contributed by atoms with Gasteiger partial charge < -0.3 is 10.4 Å². The topological polar surface area (TPSA) is 92.9 Å². The molecule has 1 heterocycles. The van der Waals surface area contributed by atoms with E-state index in [1.165, 1.54) is 16.4 Å². The van der Waals surface area contributed by atoms with E-state index in [9.17, 15) is 9.90 Å². The SMILES string of the molecule is Cc1cc(I)ccc1NC(=O)CSc1nnnn1-c1ccc(O)cc1. The van der Waals surface area contributed by atoms with Crippen molar-refractivity contribution in [2.75, 3.05) is 11.1 Å². The molecule has 7 nitrogen and oxygen atoms in total. The Morgan fingerprint density at radius 2 is 2.04 bits per heavy atom. The van der Waals surface area contributed by atoms with Crippen LogP contribution < -0.4 is 5.32 Å². The van der Waals surface area contributed by atoms with E-state index in [1.54, 1.807) is 24.3 Å². The average molecular weight is 467 g/mol. The lowest BCUT2D eigenvalue weighted by molar-refractivity contribution is -0.113. The van der Waals surface area contributed by atoms with E-state index in [-0.39, 0.29) is 17.4 Å². The summed E-state index contributed by atoms with van der Waals surface area (Å²) in [5.74, 6) is 0.219. The van der Waals surface area contributed by atoms with E-state index < -0.39 is 0 Å². The molecule has 3 aromatic rings. The van der Waals surface area contributed by atoms with Crippen molar-refractivity contribution in [1.29, 1.82) is 0 Å². The van der Waals surface area contributed by atoms with Crippen LogP contribution in [0.25, 0.3) is 5.69 Å². The summed E-state index contributed by atoms with van der Waals surface area (Å²) in [5, 5.41) is 24.3. The summed E-state index contributed by atoms with van der Waals surface area (Å²) in [6.07, 6.45) is 0. The quantitative estimate of drug-likeness (QED) is 0.443. The lowest BCUT2D eigenvalue weighted by Gasteiger charge is -2.08. The maximum absolute atomic E-state index is 12.2. The molecule has 2 aromatic carbocycles. The number of aryl methyl sites for hydroxylation is 1. The number of benzene rings is 2. The number of aromatic hydroxyl groups is 1. The first-order valence-electron chi connectivity index (χ1n) is 7.29. The van der Waals surface area contributed by atoms with Crippen molar-refractivity contribution in [3.8, 4) is 11.4 Å². The molecule has 0 radical (unpaired) electrons. The first-order valence-corrected chi connectivity index (χ1v) is 9.36. The van der Waals surface area contributed by atoms with E-state index in [2.05, 4.69) is 43.4 Å². The first kappa shape index (κ1) is 17.7. The van der Waals surface area contributed by atoms with Gasteiger partial charge in [0.05, 0.1) is 11.4 Å². The van der Waals surface area contributed by atoms with Gasteiger partial charge in [-0.3, -0.25) is 4.79 Å². The van der Waals surface area contributed by atoms with Crippen LogP contribution in [0.2, 0.25) is 0 Å². The number of rotatable bonds is 5. The molecule has 0 saturated heterocycles. The number of nitrogens with one attached hydrogen (secondary N) is 1. The average Bonchev–Trinajstić information content (AvgIpc) is 3.05. The second-order valence-electron chi connectivity index (χ2n) is 5.19. The summed E-state index contributed by atoms with van der Waals surface area (Å²) >= 11 is 3.47. The fourth-order valence-corrected chi connectivity index (χ4v) is 3.45. The number of phenols is 1. The number of amides is 1. The molecule has 3 rings (SSSR count). The van der Waals surface area contributed by atoms with E-state index in [1.807, 2.05) is 25.1 Å². The number of thioether (sulfide) groups is 1. The normalized spacial score (nSPS) is 10.6. The highest BCUT2D eigenvalue weighted by Crippen LogP contribution is 2.21. The van der Waals surface area contributed by atoms with Gasteiger partial charge in [-0.1, -0.05) is 11.8 Å². The Hall–Kier alpha value is -2.14. The summed E-state index contributed by atoms with van der Waals surface area (Å²) in [6.45, 7) is 1.95. The van der Waals surface area contributed by atoms with Gasteiger partial charge in [-0.15, -0.1) is 5.10 Å². The molecule has 128 valence electrons. The number of halogens is 1. The Bertz CT molecular complexity index is 898. The van der Waals surface area contributed by atoms with E-state index in [4.69, 9.17) is 0 Å². The predicted molar refractivity (Wildman–Crippen MR) is 104 cm³/mol. The highest BCUT2D eigenvalue weighted by Gasteiger charge is 2.12. The minimum atomic E-state index is -0.130. The van der Waals surface area contributed by atoms with Crippen LogP contribution in [0.1, 0.15) is 5.56 Å². The van der Waals surface area contributed by atoms with Crippen LogP contribution in [-0.2, 0) is 4.79 Å². The van der Waals surface area contributed by atoms with Gasteiger partial charge in [-0.25, -0.2) is 0 Å². The summed E-state index contributed by atoms with van der Waals surface area (Å²) < 4.78 is 2.64. The van der Waals surface area contributed by atoms with Crippen LogP contribution in [0.15, 0.2) is 47.6 Å². The van der Waals surface area contributed by atoms with Gasteiger partial charge in [0.25, 0.3) is 0 Å². The largest absolute Gasteiger partial charge is 0.508 e. The summed E-state index contributed by atoms with van der Waals surface area (Å²) in [7, 11) is 0. The van der Waals surface area contributed by atoms with Gasteiger partial charge in [0.2, 0.25) is 11.1 Å². The lowest BCUT2D eigenvalue weighted by atomic mass is 10.2. The van der Waals surface area contributed by atoms with Crippen molar-refractivity contribution in [3.63, 3.8) is 0 Å². The monoisotopic (exact) mass is 467 g/mol. The summed E-state index contributed by atoms with van der Waals surface area (Å²) in [5.41, 5.74) is 2.52. The van der Waals surface area contributed by atoms with Crippen molar-refractivity contribution in [2.45, 2.75) is 12.1 Å². The molecule has 0 spiro atoms. The Kier molecular flexibility index (Phi) is 5.53. The molecule has 0 aliphatic carbocycles. The molecule has 0 bridgehead atoms. The van der Waals surface area contributed by atoms with Gasteiger partial charge >= 0.3 is 0 Å². The third kappa shape index (κ3) is 4.48. The molecule has 25 heavy (non-hydrogen) atoms. The zero-order chi connectivity index (χ0) is 17.8. The number of nitrogens with zero attached hydrogens (tertiary/aromatic N) is 4. The van der Waals surface area contributed by atoms with Crippen LogP contribution in [0.3, 0.4) is 0 Å². The standard InChI is InChI=1S/C16H14IN5O2S/c1-10-8-11(17)2-7-14(10)18-15(24)9-25-16-19-20-21-22(16)12-3-5-13(23)6-4-12/h2-8,23H,9H2,1H3,(H,18,24). The molecule has 9 heteroatoms. The zero-order valence-electron chi connectivity index (χ0n) is 13.2. The third-order valence-electron chi connectivity index (χ3n) is 3.33. The Morgan fingerprint density at radius 3 is 2.76 bits per heavy atom. The number of carbonyl (C=O) groups is 1. The number of phenolic OH excluding ortho intramolecular Hbond substituents is 1. The summed E-state index contributed by atoms with van der Waals surface area (Å²) in [6, 6.07) is 12.3. The molecule has 0 fully saturated rings. The number of tetrazole rings is 1. The second-order valence-corrected chi connectivity index (χ2v) is 7.37. The Morgan fingerprint density at radius 1 is 1.28 bits per heavy atom. The van der Waals surface area contributed by atoms with Crippen LogP contribution in [0.4, 0.5) is 5.69 Å². The molecule has 0 aliphatic heterocycles. The van der Waals surface area contributed by atoms with E-state index >= 15 is 0 Å². The molecular formula is C16H14IN5O2S. The first-order chi connectivity index (χ1) is 12.0. The minimum Gasteiger partial charge on any atom is -0.508 e. The maximum Gasteiger partial charge on any atom is 0.234 e. The van der Waals surface area contributed by atoms with Crippen LogP contribution >= 0.6 is 34.4 Å². The third-order valence-corrected chi connectivity index (χ3v) is 4.92. The van der Waals surface area contributed by atoms with Crippen molar-refractivity contribution in [1.82, 2.24) is 20.2 Å². The molecular weight excluding hydrogens is 453 g/mol. The maximum atomic E-state index is 12.2. The molecule has 0 unspecified atom stereocenters. The number of hydrogen-bond acceptors (Lipinski definition) is 6. The van der Waals surface area contributed by atoms with Gasteiger partial charge in [0.1, 0.15) is 5.75 Å². The molecule has 0 aliphatic rings. The van der Waals surface area contributed by atoms with Crippen LogP contribution in [0, 0.1) is 10.5 Å². The van der Waals surface area contributed by atoms with Crippen molar-refractivity contribution in [2.24, 2.45) is 0 Å². The second kappa shape index (κ2) is 7.83. The van der Waals surface area contributed by atoms with Gasteiger partial charge in [0.15, 0.2) is 0 Å². The number of hydrogen-bond donors (Lipinski definition) is 2. The fraction of sp³-hybridized carbons (Fsp3) is 0.125. The number of anilines is 1. The molecule has 2 N–H and O–H groups in total. The molecule has 0 saturated carbocycles. The number of carbonyl (C=O) groups excluding carboxylic acids is 1. The molecule has 1 aromatic heterocycles. The van der Waals surface area contributed by atoms with Crippen molar-refractivity contribution < 1.29 is 9.90 Å². The predicted octanol–water partition coefficient (Wildman–Crippen LogP) is 3.01. The van der Waals surface area contributed by atoms with Gasteiger partial charge in [-0.2, -0.15) is 4.68 Å². The lowest BCUT2D eigenvalue weighted by Crippen LogP contribution is -2.15. The highest BCUT2D eigenvalue weighted by atomic mass is 127. The fourth-order valence-electron chi connectivity index (χ4n) is 2.11. The Balaban J connectivity index is 1.65. The Labute approximate surface area is 162 Å². The number of aromatic nitrogens is 4. The van der Waals surface area contributed by atoms with Crippen molar-refractivity contribution >= 4 is 45.9 Å². The van der Waals surface area contributed by atoms with Crippen LogP contribution in [-0.4, -0.2) is 37.0 Å². The van der Waals surface area contributed by atoms with Crippen LogP contribution in [0.5, 0.6) is 5.75 Å². The highest BCUT2D eigenvalue weighted by molar-refractivity contribution is 14.1. The zero-order valence-corrected chi connectivity index (χ0v) is 16.2. The molecule has 0 atom stereocenters. The molecule has 1 amide bonds.